The van der Waals surface area contributed by atoms with Crippen LogP contribution in [0.3, 0.4) is 0 Å². The molecule has 2 aromatic carbocycles. The van der Waals surface area contributed by atoms with Gasteiger partial charge in [0.05, 0.1) is 0 Å². The zero-order valence-electron chi connectivity index (χ0n) is 15.4. The first-order valence-corrected chi connectivity index (χ1v) is 9.12. The highest BCUT2D eigenvalue weighted by Gasteiger charge is 2.23. The summed E-state index contributed by atoms with van der Waals surface area (Å²) in [5, 5.41) is 17.9. The molecule has 1 aliphatic rings. The maximum Gasteiger partial charge on any atom is 0.251 e. The standard InChI is InChI=1S/C20H20N6O2/c1-13-5-7-14(8-6-13)19-23-25-26(24-19)12-18(27)21-17-4-2-3-15(11-17)20(28)22-16-9-10-16/h2-8,11,16H,9-10,12H2,1H3,(H,21,27)(H,22,28). The highest BCUT2D eigenvalue weighted by molar-refractivity contribution is 5.97. The smallest absolute Gasteiger partial charge is 0.251 e. The van der Waals surface area contributed by atoms with Gasteiger partial charge in [0.15, 0.2) is 0 Å². The van der Waals surface area contributed by atoms with Crippen molar-refractivity contribution in [2.24, 2.45) is 0 Å². The van der Waals surface area contributed by atoms with E-state index in [4.69, 9.17) is 0 Å². The average Bonchev–Trinajstić information content (AvgIpc) is 3.38. The van der Waals surface area contributed by atoms with E-state index in [1.807, 2.05) is 31.2 Å². The minimum absolute atomic E-state index is 0.0721. The van der Waals surface area contributed by atoms with E-state index in [1.165, 1.54) is 4.80 Å². The predicted molar refractivity (Wildman–Crippen MR) is 104 cm³/mol. The average molecular weight is 376 g/mol. The minimum atomic E-state index is -0.299. The molecular weight excluding hydrogens is 356 g/mol. The Labute approximate surface area is 162 Å². The van der Waals surface area contributed by atoms with Gasteiger partial charge in [0.1, 0.15) is 6.54 Å². The number of nitrogens with zero attached hydrogens (tertiary/aromatic N) is 4. The fourth-order valence-electron chi connectivity index (χ4n) is 2.69. The van der Waals surface area contributed by atoms with Crippen LogP contribution in [-0.2, 0) is 11.3 Å². The number of aromatic nitrogens is 4. The first kappa shape index (κ1) is 17.8. The van der Waals surface area contributed by atoms with E-state index in [-0.39, 0.29) is 24.4 Å². The van der Waals surface area contributed by atoms with Crippen LogP contribution in [0.25, 0.3) is 11.4 Å². The van der Waals surface area contributed by atoms with Crippen LogP contribution in [0.5, 0.6) is 0 Å². The van der Waals surface area contributed by atoms with E-state index in [0.717, 1.165) is 24.0 Å². The Bertz CT molecular complexity index is 1010. The fraction of sp³-hybridized carbons (Fsp3) is 0.250. The number of carbonyl (C=O) groups is 2. The summed E-state index contributed by atoms with van der Waals surface area (Å²) in [4.78, 5) is 25.7. The number of rotatable bonds is 6. The summed E-state index contributed by atoms with van der Waals surface area (Å²) in [6, 6.07) is 14.9. The van der Waals surface area contributed by atoms with E-state index >= 15 is 0 Å². The van der Waals surface area contributed by atoms with Crippen molar-refractivity contribution in [2.75, 3.05) is 5.32 Å². The molecule has 1 fully saturated rings. The van der Waals surface area contributed by atoms with Gasteiger partial charge in [-0.2, -0.15) is 4.80 Å². The molecule has 0 spiro atoms. The van der Waals surface area contributed by atoms with Crippen LogP contribution in [0.4, 0.5) is 5.69 Å². The van der Waals surface area contributed by atoms with Crippen molar-refractivity contribution in [2.45, 2.75) is 32.4 Å². The van der Waals surface area contributed by atoms with Crippen molar-refractivity contribution in [3.05, 3.63) is 59.7 Å². The molecule has 8 nitrogen and oxygen atoms in total. The summed E-state index contributed by atoms with van der Waals surface area (Å²) in [5.74, 6) is 0.0402. The molecule has 8 heteroatoms. The van der Waals surface area contributed by atoms with Crippen LogP contribution in [0.1, 0.15) is 28.8 Å². The zero-order chi connectivity index (χ0) is 19.5. The molecule has 0 aliphatic heterocycles. The first-order valence-electron chi connectivity index (χ1n) is 9.12. The Kier molecular flexibility index (Phi) is 4.84. The molecule has 1 heterocycles. The molecule has 28 heavy (non-hydrogen) atoms. The number of aryl methyl sites for hydroxylation is 1. The number of hydrogen-bond acceptors (Lipinski definition) is 5. The minimum Gasteiger partial charge on any atom is -0.349 e. The zero-order valence-corrected chi connectivity index (χ0v) is 15.4. The molecule has 3 aromatic rings. The highest BCUT2D eigenvalue weighted by Crippen LogP contribution is 2.20. The SMILES string of the molecule is Cc1ccc(-c2nnn(CC(=O)Nc3cccc(C(=O)NC4CC4)c3)n2)cc1. The fourth-order valence-corrected chi connectivity index (χ4v) is 2.69. The monoisotopic (exact) mass is 376 g/mol. The molecule has 1 saturated carbocycles. The molecule has 0 atom stereocenters. The lowest BCUT2D eigenvalue weighted by molar-refractivity contribution is -0.117. The summed E-state index contributed by atoms with van der Waals surface area (Å²) in [6.45, 7) is 1.93. The van der Waals surface area contributed by atoms with Crippen molar-refractivity contribution in [3.8, 4) is 11.4 Å². The van der Waals surface area contributed by atoms with Crippen LogP contribution in [0.15, 0.2) is 48.5 Å². The predicted octanol–water partition coefficient (Wildman–Crippen LogP) is 2.18. The summed E-state index contributed by atoms with van der Waals surface area (Å²) < 4.78 is 0. The molecule has 142 valence electrons. The lowest BCUT2D eigenvalue weighted by Gasteiger charge is -2.07. The quantitative estimate of drug-likeness (QED) is 0.687. The number of nitrogens with one attached hydrogen (secondary N) is 2. The first-order chi connectivity index (χ1) is 13.6. The second kappa shape index (κ2) is 7.59. The second-order valence-corrected chi connectivity index (χ2v) is 6.89. The van der Waals surface area contributed by atoms with Crippen LogP contribution in [0, 0.1) is 6.92 Å². The summed E-state index contributed by atoms with van der Waals surface area (Å²) in [5.41, 5.74) is 3.05. The number of tetrazole rings is 1. The largest absolute Gasteiger partial charge is 0.349 e. The lowest BCUT2D eigenvalue weighted by Crippen LogP contribution is -2.25. The maximum absolute atomic E-state index is 12.3. The number of benzene rings is 2. The molecular formula is C20H20N6O2. The van der Waals surface area contributed by atoms with Crippen LogP contribution in [0.2, 0.25) is 0 Å². The van der Waals surface area contributed by atoms with E-state index in [2.05, 4.69) is 26.0 Å². The van der Waals surface area contributed by atoms with Gasteiger partial charge < -0.3 is 10.6 Å². The second-order valence-electron chi connectivity index (χ2n) is 6.89. The third kappa shape index (κ3) is 4.40. The van der Waals surface area contributed by atoms with Crippen molar-refractivity contribution < 1.29 is 9.59 Å². The van der Waals surface area contributed by atoms with Gasteiger partial charge in [0.25, 0.3) is 5.91 Å². The van der Waals surface area contributed by atoms with Crippen molar-refractivity contribution >= 4 is 17.5 Å². The lowest BCUT2D eigenvalue weighted by atomic mass is 10.1. The Morgan fingerprint density at radius 1 is 1.14 bits per heavy atom. The number of amides is 2. The molecule has 0 radical (unpaired) electrons. The van der Waals surface area contributed by atoms with Crippen molar-refractivity contribution in [1.82, 2.24) is 25.5 Å². The molecule has 0 bridgehead atoms. The third-order valence-corrected chi connectivity index (χ3v) is 4.37. The summed E-state index contributed by atoms with van der Waals surface area (Å²) in [7, 11) is 0. The van der Waals surface area contributed by atoms with E-state index < -0.39 is 0 Å². The van der Waals surface area contributed by atoms with Gasteiger partial charge in [-0.05, 0) is 43.2 Å². The van der Waals surface area contributed by atoms with Gasteiger partial charge in [0.2, 0.25) is 11.7 Å². The van der Waals surface area contributed by atoms with Crippen LogP contribution < -0.4 is 10.6 Å². The molecule has 2 N–H and O–H groups in total. The summed E-state index contributed by atoms with van der Waals surface area (Å²) in [6.07, 6.45) is 2.05. The topological polar surface area (TPSA) is 102 Å². The number of carbonyl (C=O) groups excluding carboxylic acids is 2. The maximum atomic E-state index is 12.3. The van der Waals surface area contributed by atoms with Crippen LogP contribution in [-0.4, -0.2) is 38.1 Å². The third-order valence-electron chi connectivity index (χ3n) is 4.37. The number of anilines is 1. The van der Waals surface area contributed by atoms with Gasteiger partial charge in [-0.3, -0.25) is 9.59 Å². The Hall–Kier alpha value is -3.55. The summed E-state index contributed by atoms with van der Waals surface area (Å²) >= 11 is 0. The van der Waals surface area contributed by atoms with Gasteiger partial charge in [0, 0.05) is 22.9 Å². The van der Waals surface area contributed by atoms with Gasteiger partial charge in [-0.15, -0.1) is 10.2 Å². The normalized spacial score (nSPS) is 13.2. The molecule has 0 unspecified atom stereocenters. The van der Waals surface area contributed by atoms with Crippen molar-refractivity contribution in [3.63, 3.8) is 0 Å². The molecule has 1 aliphatic carbocycles. The van der Waals surface area contributed by atoms with Gasteiger partial charge >= 0.3 is 0 Å². The Morgan fingerprint density at radius 2 is 1.93 bits per heavy atom. The Morgan fingerprint density at radius 3 is 2.68 bits per heavy atom. The molecule has 1 aromatic heterocycles. The molecule has 0 saturated heterocycles. The number of hydrogen-bond donors (Lipinski definition) is 2. The van der Waals surface area contributed by atoms with E-state index in [0.29, 0.717) is 17.1 Å². The van der Waals surface area contributed by atoms with Gasteiger partial charge in [-0.25, -0.2) is 0 Å². The Balaban J connectivity index is 1.38. The van der Waals surface area contributed by atoms with E-state index in [9.17, 15) is 9.59 Å². The van der Waals surface area contributed by atoms with E-state index in [1.54, 1.807) is 24.3 Å². The highest BCUT2D eigenvalue weighted by atomic mass is 16.2. The molecule has 2 amide bonds. The van der Waals surface area contributed by atoms with Crippen LogP contribution >= 0.6 is 0 Å². The van der Waals surface area contributed by atoms with Crippen molar-refractivity contribution in [1.29, 1.82) is 0 Å². The molecule has 4 rings (SSSR count). The van der Waals surface area contributed by atoms with Gasteiger partial charge in [-0.1, -0.05) is 35.9 Å².